The molecule has 2 aliphatic rings. The number of ether oxygens (including phenoxy) is 3. The van der Waals surface area contributed by atoms with E-state index in [9.17, 15) is 4.79 Å². The van der Waals surface area contributed by atoms with Crippen molar-refractivity contribution in [1.82, 2.24) is 10.2 Å². The van der Waals surface area contributed by atoms with Crippen molar-refractivity contribution >= 4 is 45.5 Å². The Morgan fingerprint density at radius 3 is 2.81 bits per heavy atom. The molecule has 1 aromatic heterocycles. The standard InChI is InChI=1S/C22H22N4O4S2/c1-28-16-6-4-5-14(11-16)24-20-25-26-21(32-20)31-13-19(27)23-15-7-8-17-18(12-15)30-22(29-17)9-2-3-10-22/h4-8,11-12H,2-3,9-10,13H2,1H3,(H,23,27)(H,24,25). The largest absolute Gasteiger partial charge is 0.497 e. The molecule has 1 spiro atoms. The van der Waals surface area contributed by atoms with E-state index in [0.717, 1.165) is 42.9 Å². The Morgan fingerprint density at radius 1 is 1.12 bits per heavy atom. The number of carbonyl (C=O) groups is 1. The third-order valence-corrected chi connectivity index (χ3v) is 7.21. The maximum atomic E-state index is 12.4. The molecule has 32 heavy (non-hydrogen) atoms. The number of nitrogens with one attached hydrogen (secondary N) is 2. The SMILES string of the molecule is COc1cccc(Nc2nnc(SCC(=O)Nc3ccc4c(c3)OC3(CCCC3)O4)s2)c1. The van der Waals surface area contributed by atoms with Gasteiger partial charge in [-0.05, 0) is 37.1 Å². The number of amides is 1. The monoisotopic (exact) mass is 470 g/mol. The first-order valence-electron chi connectivity index (χ1n) is 10.3. The minimum Gasteiger partial charge on any atom is -0.497 e. The normalized spacial score (nSPS) is 15.7. The molecule has 0 radical (unpaired) electrons. The summed E-state index contributed by atoms with van der Waals surface area (Å²) in [5, 5.41) is 15.0. The number of fused-ring (bicyclic) bond motifs is 1. The van der Waals surface area contributed by atoms with E-state index in [1.807, 2.05) is 42.5 Å². The molecule has 1 amide bonds. The van der Waals surface area contributed by atoms with Crippen LogP contribution in [0.2, 0.25) is 0 Å². The van der Waals surface area contributed by atoms with Crippen LogP contribution in [-0.4, -0.2) is 34.8 Å². The van der Waals surface area contributed by atoms with Crippen LogP contribution in [0.15, 0.2) is 46.8 Å². The summed E-state index contributed by atoms with van der Waals surface area (Å²) in [6.45, 7) is 0. The van der Waals surface area contributed by atoms with Gasteiger partial charge in [-0.15, -0.1) is 10.2 Å². The lowest BCUT2D eigenvalue weighted by molar-refractivity contribution is -0.113. The van der Waals surface area contributed by atoms with Gasteiger partial charge in [0.2, 0.25) is 11.0 Å². The first kappa shape index (κ1) is 20.9. The molecule has 8 nitrogen and oxygen atoms in total. The second-order valence-corrected chi connectivity index (χ2v) is 9.75. The van der Waals surface area contributed by atoms with E-state index in [0.29, 0.717) is 20.9 Å². The zero-order chi connectivity index (χ0) is 22.0. The highest BCUT2D eigenvalue weighted by Gasteiger charge is 2.44. The van der Waals surface area contributed by atoms with Crippen LogP contribution in [0.25, 0.3) is 0 Å². The molecular weight excluding hydrogens is 448 g/mol. The first-order valence-corrected chi connectivity index (χ1v) is 12.1. The average Bonchev–Trinajstić information content (AvgIpc) is 3.52. The summed E-state index contributed by atoms with van der Waals surface area (Å²) in [4.78, 5) is 12.4. The predicted molar refractivity (Wildman–Crippen MR) is 124 cm³/mol. The van der Waals surface area contributed by atoms with Gasteiger partial charge in [-0.3, -0.25) is 4.79 Å². The van der Waals surface area contributed by atoms with Crippen LogP contribution in [0.4, 0.5) is 16.5 Å². The maximum Gasteiger partial charge on any atom is 0.251 e. The lowest BCUT2D eigenvalue weighted by Gasteiger charge is -2.21. The van der Waals surface area contributed by atoms with Gasteiger partial charge in [0.15, 0.2) is 15.8 Å². The number of hydrogen-bond donors (Lipinski definition) is 2. The molecule has 0 unspecified atom stereocenters. The lowest BCUT2D eigenvalue weighted by Crippen LogP contribution is -2.34. The third-order valence-electron chi connectivity index (χ3n) is 5.24. The molecule has 0 bridgehead atoms. The number of nitrogens with zero attached hydrogens (tertiary/aromatic N) is 2. The van der Waals surface area contributed by atoms with E-state index in [4.69, 9.17) is 14.2 Å². The van der Waals surface area contributed by atoms with Gasteiger partial charge in [0, 0.05) is 36.3 Å². The van der Waals surface area contributed by atoms with E-state index < -0.39 is 5.79 Å². The third kappa shape index (κ3) is 4.61. The van der Waals surface area contributed by atoms with Gasteiger partial charge in [-0.1, -0.05) is 29.2 Å². The van der Waals surface area contributed by atoms with Gasteiger partial charge >= 0.3 is 0 Å². The van der Waals surface area contributed by atoms with Gasteiger partial charge in [0.25, 0.3) is 5.79 Å². The summed E-state index contributed by atoms with van der Waals surface area (Å²) in [5.74, 6) is 1.79. The molecule has 1 fully saturated rings. The Morgan fingerprint density at radius 2 is 1.97 bits per heavy atom. The Kier molecular flexibility index (Phi) is 5.79. The maximum absolute atomic E-state index is 12.4. The van der Waals surface area contributed by atoms with Crippen LogP contribution in [0.5, 0.6) is 17.2 Å². The van der Waals surface area contributed by atoms with Gasteiger partial charge < -0.3 is 24.8 Å². The van der Waals surface area contributed by atoms with Crippen LogP contribution in [0.1, 0.15) is 25.7 Å². The van der Waals surface area contributed by atoms with Gasteiger partial charge in [-0.2, -0.15) is 0 Å². The highest BCUT2D eigenvalue weighted by atomic mass is 32.2. The Balaban J connectivity index is 1.14. The quantitative estimate of drug-likeness (QED) is 0.463. The number of carbonyl (C=O) groups excluding carboxylic acids is 1. The van der Waals surface area contributed by atoms with Gasteiger partial charge in [-0.25, -0.2) is 0 Å². The average molecular weight is 471 g/mol. The van der Waals surface area contributed by atoms with E-state index in [1.165, 1.54) is 23.1 Å². The van der Waals surface area contributed by atoms with Gasteiger partial charge in [0.1, 0.15) is 5.75 Å². The van der Waals surface area contributed by atoms with Crippen molar-refractivity contribution < 1.29 is 19.0 Å². The highest BCUT2D eigenvalue weighted by molar-refractivity contribution is 8.01. The molecule has 1 aliphatic heterocycles. The molecule has 3 aromatic rings. The number of rotatable bonds is 7. The summed E-state index contributed by atoms with van der Waals surface area (Å²) in [7, 11) is 1.62. The Bertz CT molecular complexity index is 1130. The lowest BCUT2D eigenvalue weighted by atomic mass is 10.2. The second kappa shape index (κ2) is 8.87. The number of methoxy groups -OCH3 is 1. The minimum atomic E-state index is -0.505. The summed E-state index contributed by atoms with van der Waals surface area (Å²) >= 11 is 2.73. The Hall–Kier alpha value is -2.98. The number of anilines is 3. The van der Waals surface area contributed by atoms with E-state index >= 15 is 0 Å². The molecule has 0 saturated heterocycles. The zero-order valence-corrected chi connectivity index (χ0v) is 19.1. The zero-order valence-electron chi connectivity index (χ0n) is 17.4. The molecule has 5 rings (SSSR count). The number of benzene rings is 2. The highest BCUT2D eigenvalue weighted by Crippen LogP contribution is 2.47. The van der Waals surface area contributed by atoms with Gasteiger partial charge in [0.05, 0.1) is 12.9 Å². The molecule has 2 heterocycles. The van der Waals surface area contributed by atoms with Crippen LogP contribution in [0, 0.1) is 0 Å². The fourth-order valence-corrected chi connectivity index (χ4v) is 5.33. The number of hydrogen-bond acceptors (Lipinski definition) is 9. The van der Waals surface area contributed by atoms with Crippen molar-refractivity contribution in [3.8, 4) is 17.2 Å². The number of thioether (sulfide) groups is 1. The fourth-order valence-electron chi connectivity index (χ4n) is 3.76. The van der Waals surface area contributed by atoms with Crippen molar-refractivity contribution in [2.45, 2.75) is 35.8 Å². The molecule has 2 N–H and O–H groups in total. The predicted octanol–water partition coefficient (Wildman–Crippen LogP) is 5.06. The van der Waals surface area contributed by atoms with Crippen LogP contribution in [0.3, 0.4) is 0 Å². The fraction of sp³-hybridized carbons (Fsp3) is 0.318. The number of aromatic nitrogens is 2. The van der Waals surface area contributed by atoms with E-state index in [-0.39, 0.29) is 11.7 Å². The molecule has 2 aromatic carbocycles. The molecule has 10 heteroatoms. The van der Waals surface area contributed by atoms with Crippen molar-refractivity contribution in [1.29, 1.82) is 0 Å². The van der Waals surface area contributed by atoms with Crippen molar-refractivity contribution in [3.05, 3.63) is 42.5 Å². The van der Waals surface area contributed by atoms with Crippen molar-refractivity contribution in [2.75, 3.05) is 23.5 Å². The second-order valence-electron chi connectivity index (χ2n) is 7.55. The van der Waals surface area contributed by atoms with E-state index in [1.54, 1.807) is 7.11 Å². The molecule has 1 saturated carbocycles. The summed E-state index contributed by atoms with van der Waals surface area (Å²) in [6.07, 6.45) is 4.02. The minimum absolute atomic E-state index is 0.123. The van der Waals surface area contributed by atoms with Crippen LogP contribution < -0.4 is 24.8 Å². The summed E-state index contributed by atoms with van der Waals surface area (Å²) in [5.41, 5.74) is 1.54. The molecule has 0 atom stereocenters. The summed E-state index contributed by atoms with van der Waals surface area (Å²) < 4.78 is 18.0. The summed E-state index contributed by atoms with van der Waals surface area (Å²) in [6, 6.07) is 13.1. The van der Waals surface area contributed by atoms with Crippen molar-refractivity contribution in [3.63, 3.8) is 0 Å². The first-order chi connectivity index (χ1) is 15.6. The smallest absolute Gasteiger partial charge is 0.251 e. The van der Waals surface area contributed by atoms with E-state index in [2.05, 4.69) is 20.8 Å². The Labute approximate surface area is 193 Å². The molecular formula is C22H22N4O4S2. The van der Waals surface area contributed by atoms with Crippen LogP contribution >= 0.6 is 23.1 Å². The molecule has 166 valence electrons. The van der Waals surface area contributed by atoms with Crippen LogP contribution in [-0.2, 0) is 4.79 Å². The molecule has 1 aliphatic carbocycles. The van der Waals surface area contributed by atoms with Crippen molar-refractivity contribution in [2.24, 2.45) is 0 Å². The topological polar surface area (TPSA) is 94.6 Å².